The van der Waals surface area contributed by atoms with Crippen molar-refractivity contribution in [2.45, 2.75) is 51.9 Å². The summed E-state index contributed by atoms with van der Waals surface area (Å²) < 4.78 is 5.17. The summed E-state index contributed by atoms with van der Waals surface area (Å²) in [5.41, 5.74) is 1.40. The van der Waals surface area contributed by atoms with Gasteiger partial charge in [-0.2, -0.15) is 0 Å². The fourth-order valence-electron chi connectivity index (χ4n) is 5.06. The van der Waals surface area contributed by atoms with Crippen LogP contribution in [-0.4, -0.2) is 42.5 Å². The number of nitrogens with one attached hydrogen (secondary N) is 1. The first kappa shape index (κ1) is 25.6. The highest BCUT2D eigenvalue weighted by molar-refractivity contribution is 5.97. The number of anilines is 1. The van der Waals surface area contributed by atoms with Gasteiger partial charge in [0.2, 0.25) is 0 Å². The average molecular weight is 489 g/mol. The molecule has 0 aliphatic heterocycles. The van der Waals surface area contributed by atoms with Crippen LogP contribution in [0.5, 0.6) is 5.75 Å². The predicted octanol–water partition coefficient (Wildman–Crippen LogP) is 5.18. The quantitative estimate of drug-likeness (QED) is 0.330. The molecule has 0 atom stereocenters. The van der Waals surface area contributed by atoms with Crippen molar-refractivity contribution in [3.8, 4) is 5.75 Å². The summed E-state index contributed by atoms with van der Waals surface area (Å²) in [6.07, 6.45) is 7.77. The van der Waals surface area contributed by atoms with Crippen LogP contribution >= 0.6 is 0 Å². The molecule has 0 unspecified atom stereocenters. The van der Waals surface area contributed by atoms with Crippen molar-refractivity contribution < 1.29 is 14.3 Å². The molecule has 0 saturated heterocycles. The van der Waals surface area contributed by atoms with Crippen molar-refractivity contribution >= 4 is 28.6 Å². The molecule has 0 radical (unpaired) electrons. The molecule has 7 heteroatoms. The molecule has 1 fully saturated rings. The number of hydrogen-bond donors (Lipinski definition) is 1. The number of hydrogen-bond acceptors (Lipinski definition) is 6. The Morgan fingerprint density at radius 2 is 1.67 bits per heavy atom. The van der Waals surface area contributed by atoms with E-state index in [4.69, 9.17) is 14.7 Å². The number of para-hydroxylation sites is 2. The fourth-order valence-corrected chi connectivity index (χ4v) is 5.06. The lowest BCUT2D eigenvalue weighted by atomic mass is 9.80. The maximum absolute atomic E-state index is 12.7. The van der Waals surface area contributed by atoms with E-state index in [1.807, 2.05) is 26.2 Å². The highest BCUT2D eigenvalue weighted by Gasteiger charge is 2.22. The Bertz CT molecular complexity index is 1200. The monoisotopic (exact) mass is 488 g/mol. The number of amides is 1. The molecule has 4 rings (SSSR count). The average Bonchev–Trinajstić information content (AvgIpc) is 2.87. The SMILES string of the molecule is CC(=O)Oc1ccccc1C(=O)NCC1CCC(CCCc2nc(N(C)C)c3ccccc3n2)CC1. The molecule has 0 spiro atoms. The van der Waals surface area contributed by atoms with E-state index in [2.05, 4.69) is 22.3 Å². The molecule has 2 aromatic carbocycles. The topological polar surface area (TPSA) is 84.4 Å². The highest BCUT2D eigenvalue weighted by Crippen LogP contribution is 2.32. The van der Waals surface area contributed by atoms with Crippen LogP contribution in [0.25, 0.3) is 10.9 Å². The zero-order valence-corrected chi connectivity index (χ0v) is 21.5. The second-order valence-corrected chi connectivity index (χ2v) is 9.95. The third-order valence-corrected chi connectivity index (χ3v) is 6.97. The van der Waals surface area contributed by atoms with Gasteiger partial charge in [0, 0.05) is 39.4 Å². The Labute approximate surface area is 213 Å². The van der Waals surface area contributed by atoms with Gasteiger partial charge in [0.15, 0.2) is 0 Å². The van der Waals surface area contributed by atoms with Crippen LogP contribution < -0.4 is 15.0 Å². The van der Waals surface area contributed by atoms with Crippen LogP contribution in [0.1, 0.15) is 61.6 Å². The van der Waals surface area contributed by atoms with Crippen molar-refractivity contribution in [2.24, 2.45) is 11.8 Å². The summed E-state index contributed by atoms with van der Waals surface area (Å²) in [6.45, 7) is 1.99. The summed E-state index contributed by atoms with van der Waals surface area (Å²) >= 11 is 0. The number of aromatic nitrogens is 2. The Morgan fingerprint density at radius 3 is 2.42 bits per heavy atom. The Kier molecular flexibility index (Phi) is 8.52. The second kappa shape index (κ2) is 12.0. The zero-order valence-electron chi connectivity index (χ0n) is 21.5. The Morgan fingerprint density at radius 1 is 0.972 bits per heavy atom. The van der Waals surface area contributed by atoms with Gasteiger partial charge >= 0.3 is 5.97 Å². The summed E-state index contributed by atoms with van der Waals surface area (Å²) in [7, 11) is 4.05. The molecule has 190 valence electrons. The van der Waals surface area contributed by atoms with Crippen molar-refractivity contribution in [1.29, 1.82) is 0 Å². The van der Waals surface area contributed by atoms with Gasteiger partial charge in [0.05, 0.1) is 11.1 Å². The molecule has 1 aliphatic carbocycles. The van der Waals surface area contributed by atoms with E-state index in [-0.39, 0.29) is 5.91 Å². The third kappa shape index (κ3) is 6.59. The molecule has 1 aliphatic rings. The number of ether oxygens (including phenoxy) is 1. The van der Waals surface area contributed by atoms with Gasteiger partial charge in [-0.1, -0.05) is 43.5 Å². The molecule has 1 heterocycles. The highest BCUT2D eigenvalue weighted by atomic mass is 16.5. The van der Waals surface area contributed by atoms with Gasteiger partial charge < -0.3 is 15.0 Å². The summed E-state index contributed by atoms with van der Waals surface area (Å²) in [5.74, 6) is 2.78. The van der Waals surface area contributed by atoms with E-state index in [0.29, 0.717) is 23.8 Å². The minimum Gasteiger partial charge on any atom is -0.426 e. The number of esters is 1. The lowest BCUT2D eigenvalue weighted by molar-refractivity contribution is -0.131. The summed E-state index contributed by atoms with van der Waals surface area (Å²) in [4.78, 5) is 35.7. The van der Waals surface area contributed by atoms with Crippen molar-refractivity contribution in [3.63, 3.8) is 0 Å². The molecular weight excluding hydrogens is 452 g/mol. The van der Waals surface area contributed by atoms with Crippen LogP contribution in [0, 0.1) is 11.8 Å². The van der Waals surface area contributed by atoms with Gasteiger partial charge in [0.1, 0.15) is 17.4 Å². The first-order valence-electron chi connectivity index (χ1n) is 12.9. The lowest BCUT2D eigenvalue weighted by Crippen LogP contribution is -2.31. The molecule has 36 heavy (non-hydrogen) atoms. The third-order valence-electron chi connectivity index (χ3n) is 6.97. The molecule has 1 aromatic heterocycles. The number of carbonyl (C=O) groups is 2. The second-order valence-electron chi connectivity index (χ2n) is 9.95. The maximum atomic E-state index is 12.7. The van der Waals surface area contributed by atoms with E-state index < -0.39 is 5.97 Å². The predicted molar refractivity (Wildman–Crippen MR) is 142 cm³/mol. The molecular formula is C29H36N4O3. The number of fused-ring (bicyclic) bond motifs is 1. The van der Waals surface area contributed by atoms with Crippen molar-refractivity contribution in [3.05, 3.63) is 59.9 Å². The first-order chi connectivity index (χ1) is 17.4. The summed E-state index contributed by atoms with van der Waals surface area (Å²) in [6, 6.07) is 15.1. The number of rotatable bonds is 9. The van der Waals surface area contributed by atoms with E-state index >= 15 is 0 Å². The zero-order chi connectivity index (χ0) is 25.5. The van der Waals surface area contributed by atoms with Gasteiger partial charge in [0.25, 0.3) is 5.91 Å². The normalized spacial score (nSPS) is 17.5. The number of nitrogens with zero attached hydrogens (tertiary/aromatic N) is 3. The minimum absolute atomic E-state index is 0.193. The van der Waals surface area contributed by atoms with Crippen molar-refractivity contribution in [2.75, 3.05) is 25.5 Å². The van der Waals surface area contributed by atoms with Gasteiger partial charge in [-0.05, 0) is 55.4 Å². The van der Waals surface area contributed by atoms with Crippen LogP contribution in [0.4, 0.5) is 5.82 Å². The standard InChI is InChI=1S/C29H36N4O3/c1-20(34)36-26-13-7-5-11-24(26)29(35)30-19-22-17-15-21(16-18-22)9-8-14-27-31-25-12-6-4-10-23(25)28(32-27)33(2)3/h4-7,10-13,21-22H,8-9,14-19H2,1-3H3,(H,30,35). The van der Waals surface area contributed by atoms with Gasteiger partial charge in [-0.15, -0.1) is 0 Å². The van der Waals surface area contributed by atoms with E-state index in [0.717, 1.165) is 54.1 Å². The van der Waals surface area contributed by atoms with Gasteiger partial charge in [-0.25, -0.2) is 9.97 Å². The molecule has 3 aromatic rings. The Balaban J connectivity index is 1.22. The van der Waals surface area contributed by atoms with Crippen LogP contribution in [0.3, 0.4) is 0 Å². The van der Waals surface area contributed by atoms with Crippen LogP contribution in [0.2, 0.25) is 0 Å². The molecule has 0 bridgehead atoms. The molecule has 1 saturated carbocycles. The lowest BCUT2D eigenvalue weighted by Gasteiger charge is -2.28. The molecule has 1 amide bonds. The fraction of sp³-hybridized carbons (Fsp3) is 0.448. The minimum atomic E-state index is -0.432. The number of aryl methyl sites for hydroxylation is 1. The first-order valence-corrected chi connectivity index (χ1v) is 12.9. The van der Waals surface area contributed by atoms with E-state index in [9.17, 15) is 9.59 Å². The summed E-state index contributed by atoms with van der Waals surface area (Å²) in [5, 5.41) is 4.13. The number of benzene rings is 2. The van der Waals surface area contributed by atoms with Crippen LogP contribution in [0.15, 0.2) is 48.5 Å². The largest absolute Gasteiger partial charge is 0.426 e. The maximum Gasteiger partial charge on any atom is 0.308 e. The van der Waals surface area contributed by atoms with Crippen LogP contribution in [-0.2, 0) is 11.2 Å². The molecule has 7 nitrogen and oxygen atoms in total. The Hall–Kier alpha value is -3.48. The number of carbonyl (C=O) groups excluding carboxylic acids is 2. The smallest absolute Gasteiger partial charge is 0.308 e. The van der Waals surface area contributed by atoms with Crippen molar-refractivity contribution in [1.82, 2.24) is 15.3 Å². The van der Waals surface area contributed by atoms with E-state index in [1.54, 1.807) is 24.3 Å². The van der Waals surface area contributed by atoms with E-state index in [1.165, 1.54) is 26.2 Å². The van der Waals surface area contributed by atoms with Gasteiger partial charge in [-0.3, -0.25) is 9.59 Å². The molecule has 1 N–H and O–H groups in total.